The van der Waals surface area contributed by atoms with E-state index in [4.69, 9.17) is 10.5 Å². The van der Waals surface area contributed by atoms with Crippen molar-refractivity contribution in [1.82, 2.24) is 5.32 Å². The Kier molecular flexibility index (Phi) is 4.41. The van der Waals surface area contributed by atoms with Gasteiger partial charge in [-0.2, -0.15) is 13.2 Å². The minimum absolute atomic E-state index is 0.0850. The van der Waals surface area contributed by atoms with E-state index >= 15 is 0 Å². The molecule has 4 nitrogen and oxygen atoms in total. The van der Waals surface area contributed by atoms with Crippen LogP contribution in [0.25, 0.3) is 0 Å². The van der Waals surface area contributed by atoms with Gasteiger partial charge in [-0.25, -0.2) is 0 Å². The van der Waals surface area contributed by atoms with Crippen molar-refractivity contribution in [3.63, 3.8) is 0 Å². The molecule has 1 saturated carbocycles. The van der Waals surface area contributed by atoms with Crippen molar-refractivity contribution in [2.24, 2.45) is 11.7 Å². The van der Waals surface area contributed by atoms with Gasteiger partial charge in [-0.05, 0) is 50.6 Å². The number of alkyl halides is 3. The van der Waals surface area contributed by atoms with Gasteiger partial charge in [0.1, 0.15) is 5.75 Å². The molecule has 1 aromatic carbocycles. The van der Waals surface area contributed by atoms with Crippen molar-refractivity contribution in [3.05, 3.63) is 29.3 Å². The van der Waals surface area contributed by atoms with Crippen molar-refractivity contribution in [2.75, 3.05) is 13.6 Å². The van der Waals surface area contributed by atoms with Crippen molar-refractivity contribution in [2.45, 2.75) is 25.1 Å². The van der Waals surface area contributed by atoms with Gasteiger partial charge in [0.05, 0.1) is 17.2 Å². The third-order valence-corrected chi connectivity index (χ3v) is 3.55. The smallest absolute Gasteiger partial charge is 0.416 e. The molecule has 0 aliphatic heterocycles. The zero-order valence-corrected chi connectivity index (χ0v) is 11.5. The maximum Gasteiger partial charge on any atom is 0.416 e. The fourth-order valence-electron chi connectivity index (χ4n) is 2.41. The highest BCUT2D eigenvalue weighted by molar-refractivity contribution is 5.95. The van der Waals surface area contributed by atoms with E-state index in [-0.39, 0.29) is 17.4 Å². The Balaban J connectivity index is 2.11. The number of ether oxygens (including phenoxy) is 1. The van der Waals surface area contributed by atoms with E-state index in [1.54, 1.807) is 0 Å². The van der Waals surface area contributed by atoms with Crippen LogP contribution in [0.5, 0.6) is 5.75 Å². The van der Waals surface area contributed by atoms with Crippen molar-refractivity contribution in [1.29, 1.82) is 0 Å². The van der Waals surface area contributed by atoms with Crippen LogP contribution in [0.3, 0.4) is 0 Å². The van der Waals surface area contributed by atoms with Crippen molar-refractivity contribution < 1.29 is 22.7 Å². The highest BCUT2D eigenvalue weighted by Gasteiger charge is 2.34. The first kappa shape index (κ1) is 15.6. The van der Waals surface area contributed by atoms with Gasteiger partial charge in [-0.15, -0.1) is 0 Å². The molecule has 116 valence electrons. The number of hydrogen-bond donors (Lipinski definition) is 2. The summed E-state index contributed by atoms with van der Waals surface area (Å²) in [6.07, 6.45) is -2.99. The van der Waals surface area contributed by atoms with E-state index in [2.05, 4.69) is 5.32 Å². The lowest BCUT2D eigenvalue weighted by molar-refractivity contribution is -0.137. The molecule has 7 heteroatoms. The second-order valence-corrected chi connectivity index (χ2v) is 5.21. The van der Waals surface area contributed by atoms with Crippen LogP contribution in [-0.2, 0) is 6.18 Å². The minimum Gasteiger partial charge on any atom is -0.490 e. The normalized spacial score (nSPS) is 21.7. The summed E-state index contributed by atoms with van der Waals surface area (Å²) >= 11 is 0. The fraction of sp³-hybridized carbons (Fsp3) is 0.500. The average molecular weight is 302 g/mol. The summed E-state index contributed by atoms with van der Waals surface area (Å²) in [6.45, 7) is 0.871. The largest absolute Gasteiger partial charge is 0.490 e. The van der Waals surface area contributed by atoms with E-state index in [1.807, 2.05) is 7.05 Å². The average Bonchev–Trinajstić information content (AvgIpc) is 2.35. The predicted octanol–water partition coefficient (Wildman–Crippen LogP) is 2.18. The van der Waals surface area contributed by atoms with Gasteiger partial charge >= 0.3 is 6.18 Å². The third kappa shape index (κ3) is 3.66. The molecule has 0 saturated heterocycles. The van der Waals surface area contributed by atoms with Crippen LogP contribution in [-0.4, -0.2) is 25.6 Å². The lowest BCUT2D eigenvalue weighted by atomic mass is 9.82. The summed E-state index contributed by atoms with van der Waals surface area (Å²) in [7, 11) is 1.86. The van der Waals surface area contributed by atoms with Gasteiger partial charge in [0, 0.05) is 0 Å². The molecule has 0 bridgehead atoms. The zero-order chi connectivity index (χ0) is 15.6. The number of benzene rings is 1. The van der Waals surface area contributed by atoms with Crippen LogP contribution in [0.15, 0.2) is 18.2 Å². The Bertz CT molecular complexity index is 525. The molecule has 1 aliphatic rings. The number of carbonyl (C=O) groups excluding carboxylic acids is 1. The number of halogens is 3. The Morgan fingerprint density at radius 3 is 2.62 bits per heavy atom. The molecule has 0 radical (unpaired) electrons. The maximum absolute atomic E-state index is 12.6. The van der Waals surface area contributed by atoms with Crippen LogP contribution >= 0.6 is 0 Å². The molecule has 0 spiro atoms. The van der Waals surface area contributed by atoms with Gasteiger partial charge in [0.2, 0.25) is 0 Å². The van der Waals surface area contributed by atoms with Crippen LogP contribution in [0.4, 0.5) is 13.2 Å². The van der Waals surface area contributed by atoms with Gasteiger partial charge in [-0.1, -0.05) is 0 Å². The molecule has 21 heavy (non-hydrogen) atoms. The first-order chi connectivity index (χ1) is 9.81. The van der Waals surface area contributed by atoms with Crippen molar-refractivity contribution >= 4 is 5.91 Å². The van der Waals surface area contributed by atoms with Crippen LogP contribution < -0.4 is 15.8 Å². The maximum atomic E-state index is 12.6. The number of rotatable bonds is 5. The standard InChI is InChI=1S/C14H17F3N2O2/c1-19-7-8-4-10(5-8)21-12-3-2-9(14(15,16)17)6-11(12)13(18)20/h2-3,6,8,10,19H,4-5,7H2,1H3,(H2,18,20). The molecule has 1 aliphatic carbocycles. The highest BCUT2D eigenvalue weighted by atomic mass is 19.4. The second-order valence-electron chi connectivity index (χ2n) is 5.21. The van der Waals surface area contributed by atoms with E-state index in [1.165, 1.54) is 0 Å². The Labute approximate surface area is 120 Å². The first-order valence-corrected chi connectivity index (χ1v) is 6.63. The van der Waals surface area contributed by atoms with E-state index in [0.29, 0.717) is 5.92 Å². The molecule has 0 atom stereocenters. The van der Waals surface area contributed by atoms with E-state index in [0.717, 1.165) is 37.6 Å². The van der Waals surface area contributed by atoms with Crippen LogP contribution in [0.2, 0.25) is 0 Å². The number of hydrogen-bond acceptors (Lipinski definition) is 3. The Morgan fingerprint density at radius 2 is 2.10 bits per heavy atom. The first-order valence-electron chi connectivity index (χ1n) is 6.63. The number of primary amides is 1. The lowest BCUT2D eigenvalue weighted by Gasteiger charge is -2.35. The van der Waals surface area contributed by atoms with Crippen molar-refractivity contribution in [3.8, 4) is 5.75 Å². The molecule has 3 N–H and O–H groups in total. The number of nitrogens with two attached hydrogens (primary N) is 1. The summed E-state index contributed by atoms with van der Waals surface area (Å²) in [5.41, 5.74) is 3.99. The molecule has 2 rings (SSSR count). The SMILES string of the molecule is CNCC1CC(Oc2ccc(C(F)(F)F)cc2C(N)=O)C1. The topological polar surface area (TPSA) is 64.3 Å². The van der Waals surface area contributed by atoms with Gasteiger partial charge in [0.25, 0.3) is 5.91 Å². The molecule has 0 heterocycles. The Hall–Kier alpha value is -1.76. The summed E-state index contributed by atoms with van der Waals surface area (Å²) in [5, 5.41) is 3.05. The highest BCUT2D eigenvalue weighted by Crippen LogP contribution is 2.35. The van der Waals surface area contributed by atoms with Crippen LogP contribution in [0.1, 0.15) is 28.8 Å². The van der Waals surface area contributed by atoms with E-state index < -0.39 is 17.6 Å². The minimum atomic E-state index is -4.52. The van der Waals surface area contributed by atoms with Gasteiger partial charge < -0.3 is 15.8 Å². The van der Waals surface area contributed by atoms with E-state index in [9.17, 15) is 18.0 Å². The second kappa shape index (κ2) is 5.93. The Morgan fingerprint density at radius 1 is 1.43 bits per heavy atom. The number of amides is 1. The molecule has 1 aromatic rings. The predicted molar refractivity (Wildman–Crippen MR) is 71.0 cm³/mol. The number of nitrogens with one attached hydrogen (secondary N) is 1. The summed E-state index contributed by atoms with van der Waals surface area (Å²) in [6, 6.07) is 2.79. The molecular weight excluding hydrogens is 285 g/mol. The number of carbonyl (C=O) groups is 1. The molecule has 1 amide bonds. The van der Waals surface area contributed by atoms with Gasteiger partial charge in [0.15, 0.2) is 0 Å². The van der Waals surface area contributed by atoms with Gasteiger partial charge in [-0.3, -0.25) is 4.79 Å². The molecule has 0 unspecified atom stereocenters. The molecule has 0 aromatic heterocycles. The zero-order valence-electron chi connectivity index (χ0n) is 11.5. The third-order valence-electron chi connectivity index (χ3n) is 3.55. The molecule has 1 fully saturated rings. The molecular formula is C14H17F3N2O2. The summed E-state index contributed by atoms with van der Waals surface area (Å²) in [5.74, 6) is -0.322. The lowest BCUT2D eigenvalue weighted by Crippen LogP contribution is -2.39. The quantitative estimate of drug-likeness (QED) is 0.876. The summed E-state index contributed by atoms with van der Waals surface area (Å²) in [4.78, 5) is 11.3. The fourth-order valence-corrected chi connectivity index (χ4v) is 2.41. The summed E-state index contributed by atoms with van der Waals surface area (Å²) < 4.78 is 43.5. The monoisotopic (exact) mass is 302 g/mol. The van der Waals surface area contributed by atoms with Crippen LogP contribution in [0, 0.1) is 5.92 Å².